The lowest BCUT2D eigenvalue weighted by atomic mass is 9.85. The Labute approximate surface area is 131 Å². The summed E-state index contributed by atoms with van der Waals surface area (Å²) in [6.07, 6.45) is 0. The fourth-order valence-corrected chi connectivity index (χ4v) is 3.85. The van der Waals surface area contributed by atoms with Gasteiger partial charge in [-0.2, -0.15) is 0 Å². The first-order valence-electron chi connectivity index (χ1n) is 7.01. The van der Waals surface area contributed by atoms with Crippen LogP contribution in [0.5, 0.6) is 0 Å². The second-order valence-electron chi connectivity index (χ2n) is 6.56. The van der Waals surface area contributed by atoms with E-state index >= 15 is 0 Å². The monoisotopic (exact) mass is 334 g/mol. The second kappa shape index (κ2) is 7.02. The Hall–Kier alpha value is -1.05. The molecular formula is C15H24F2N2O2S. The maximum atomic E-state index is 13.6. The van der Waals surface area contributed by atoms with Crippen LogP contribution in [0.4, 0.5) is 8.78 Å². The Morgan fingerprint density at radius 3 is 2.36 bits per heavy atom. The van der Waals surface area contributed by atoms with Crippen LogP contribution in [0.1, 0.15) is 26.3 Å². The molecule has 0 aliphatic rings. The van der Waals surface area contributed by atoms with Crippen molar-refractivity contribution >= 4 is 10.0 Å². The summed E-state index contributed by atoms with van der Waals surface area (Å²) in [6, 6.07) is 2.56. The highest BCUT2D eigenvalue weighted by Gasteiger charge is 2.30. The molecule has 1 N–H and O–H groups in total. The maximum Gasteiger partial charge on any atom is 0.216 e. The van der Waals surface area contributed by atoms with Crippen molar-refractivity contribution in [3.05, 3.63) is 35.4 Å². The molecule has 0 saturated carbocycles. The van der Waals surface area contributed by atoms with Crippen LogP contribution in [0.25, 0.3) is 0 Å². The van der Waals surface area contributed by atoms with Crippen molar-refractivity contribution in [1.82, 2.24) is 9.62 Å². The van der Waals surface area contributed by atoms with E-state index in [1.165, 1.54) is 0 Å². The van der Waals surface area contributed by atoms with E-state index < -0.39 is 27.4 Å². The fourth-order valence-electron chi connectivity index (χ4n) is 2.27. The van der Waals surface area contributed by atoms with Gasteiger partial charge in [-0.25, -0.2) is 21.9 Å². The van der Waals surface area contributed by atoms with Gasteiger partial charge in [0.15, 0.2) is 0 Å². The topological polar surface area (TPSA) is 49.4 Å². The molecule has 0 aromatic heterocycles. The summed E-state index contributed by atoms with van der Waals surface area (Å²) in [5.41, 5.74) is -0.343. The molecule has 1 aromatic carbocycles. The highest BCUT2D eigenvalue weighted by atomic mass is 32.2. The third kappa shape index (κ3) is 5.62. The fraction of sp³-hybridized carbons (Fsp3) is 0.600. The molecular weight excluding hydrogens is 310 g/mol. The molecule has 0 bridgehead atoms. The molecule has 1 rings (SSSR count). The van der Waals surface area contributed by atoms with Crippen molar-refractivity contribution in [3.8, 4) is 0 Å². The van der Waals surface area contributed by atoms with Crippen LogP contribution in [-0.4, -0.2) is 40.0 Å². The third-order valence-corrected chi connectivity index (χ3v) is 5.02. The number of halogens is 2. The lowest BCUT2D eigenvalue weighted by Crippen LogP contribution is -2.47. The quantitative estimate of drug-likeness (QED) is 0.833. The predicted molar refractivity (Wildman–Crippen MR) is 83.9 cm³/mol. The van der Waals surface area contributed by atoms with Gasteiger partial charge in [0, 0.05) is 24.2 Å². The normalized spacial score (nSPS) is 14.4. The maximum absolute atomic E-state index is 13.6. The molecule has 0 saturated heterocycles. The minimum Gasteiger partial charge on any atom is -0.309 e. The average Bonchev–Trinajstić information content (AvgIpc) is 2.30. The average molecular weight is 334 g/mol. The first-order chi connectivity index (χ1) is 9.93. The van der Waals surface area contributed by atoms with E-state index in [0.29, 0.717) is 12.6 Å². The smallest absolute Gasteiger partial charge is 0.216 e. The van der Waals surface area contributed by atoms with Gasteiger partial charge in [0.05, 0.1) is 5.75 Å². The SMILES string of the molecule is CC(NS(=O)(=O)Cc1ccc(F)cc1F)C(C)(C)CN(C)C. The number of sulfonamides is 1. The van der Waals surface area contributed by atoms with E-state index in [9.17, 15) is 17.2 Å². The minimum atomic E-state index is -3.72. The Morgan fingerprint density at radius 1 is 1.27 bits per heavy atom. The van der Waals surface area contributed by atoms with Crippen molar-refractivity contribution < 1.29 is 17.2 Å². The molecule has 0 amide bonds. The molecule has 22 heavy (non-hydrogen) atoms. The molecule has 0 aliphatic heterocycles. The van der Waals surface area contributed by atoms with Gasteiger partial charge in [0.2, 0.25) is 10.0 Å². The summed E-state index contributed by atoms with van der Waals surface area (Å²) in [7, 11) is 0.108. The molecule has 1 atom stereocenters. The number of hydrogen-bond acceptors (Lipinski definition) is 3. The van der Waals surface area contributed by atoms with E-state index in [2.05, 4.69) is 4.72 Å². The van der Waals surface area contributed by atoms with E-state index in [0.717, 1.165) is 12.1 Å². The molecule has 1 aromatic rings. The second-order valence-corrected chi connectivity index (χ2v) is 8.31. The van der Waals surface area contributed by atoms with E-state index in [4.69, 9.17) is 0 Å². The van der Waals surface area contributed by atoms with Crippen LogP contribution in [0.3, 0.4) is 0 Å². The summed E-state index contributed by atoms with van der Waals surface area (Å²) in [6.45, 7) is 6.39. The van der Waals surface area contributed by atoms with Crippen LogP contribution in [-0.2, 0) is 15.8 Å². The largest absolute Gasteiger partial charge is 0.309 e. The first-order valence-corrected chi connectivity index (χ1v) is 8.67. The molecule has 0 radical (unpaired) electrons. The summed E-state index contributed by atoms with van der Waals surface area (Å²) >= 11 is 0. The van der Waals surface area contributed by atoms with Crippen LogP contribution in [0, 0.1) is 17.0 Å². The van der Waals surface area contributed by atoms with Gasteiger partial charge in [-0.1, -0.05) is 19.9 Å². The number of hydrogen-bond donors (Lipinski definition) is 1. The molecule has 126 valence electrons. The summed E-state index contributed by atoms with van der Waals surface area (Å²) < 4.78 is 53.4. The zero-order chi connectivity index (χ0) is 17.1. The molecule has 7 heteroatoms. The molecule has 0 heterocycles. The Morgan fingerprint density at radius 2 is 1.86 bits per heavy atom. The Balaban J connectivity index is 2.83. The van der Waals surface area contributed by atoms with Gasteiger partial charge in [-0.05, 0) is 32.5 Å². The Bertz CT molecular complexity index is 616. The van der Waals surface area contributed by atoms with Gasteiger partial charge in [0.1, 0.15) is 11.6 Å². The molecule has 0 aliphatic carbocycles. The minimum absolute atomic E-state index is 0.0495. The van der Waals surface area contributed by atoms with Gasteiger partial charge >= 0.3 is 0 Å². The standard InChI is InChI=1S/C15H24F2N2O2S/c1-11(15(2,3)10-19(4)5)18-22(20,21)9-12-6-7-13(16)8-14(12)17/h6-8,11,18H,9-10H2,1-5H3. The molecule has 0 fully saturated rings. The third-order valence-electron chi connectivity index (χ3n) is 3.61. The van der Waals surface area contributed by atoms with Crippen molar-refractivity contribution in [3.63, 3.8) is 0 Å². The zero-order valence-electron chi connectivity index (χ0n) is 13.7. The van der Waals surface area contributed by atoms with Crippen molar-refractivity contribution in [1.29, 1.82) is 0 Å². The number of nitrogens with zero attached hydrogens (tertiary/aromatic N) is 1. The van der Waals surface area contributed by atoms with Crippen LogP contribution >= 0.6 is 0 Å². The molecule has 0 spiro atoms. The molecule has 1 unspecified atom stereocenters. The van der Waals surface area contributed by atoms with Crippen molar-refractivity contribution in [2.45, 2.75) is 32.6 Å². The van der Waals surface area contributed by atoms with Gasteiger partial charge in [-0.3, -0.25) is 0 Å². The van der Waals surface area contributed by atoms with Crippen LogP contribution < -0.4 is 4.72 Å². The van der Waals surface area contributed by atoms with Crippen LogP contribution in [0.15, 0.2) is 18.2 Å². The summed E-state index contributed by atoms with van der Waals surface area (Å²) in [5.74, 6) is -2.10. The summed E-state index contributed by atoms with van der Waals surface area (Å²) in [4.78, 5) is 1.98. The van der Waals surface area contributed by atoms with E-state index in [1.54, 1.807) is 6.92 Å². The highest BCUT2D eigenvalue weighted by Crippen LogP contribution is 2.22. The number of rotatable bonds is 7. The predicted octanol–water partition coefficient (Wildman–Crippen LogP) is 2.36. The first kappa shape index (κ1) is 19.0. The lowest BCUT2D eigenvalue weighted by molar-refractivity contribution is 0.198. The summed E-state index contributed by atoms with van der Waals surface area (Å²) in [5, 5.41) is 0. The zero-order valence-corrected chi connectivity index (χ0v) is 14.5. The Kier molecular flexibility index (Phi) is 6.06. The van der Waals surface area contributed by atoms with Crippen LogP contribution in [0.2, 0.25) is 0 Å². The van der Waals surface area contributed by atoms with Crippen molar-refractivity contribution in [2.24, 2.45) is 5.41 Å². The molecule has 4 nitrogen and oxygen atoms in total. The number of benzene rings is 1. The van der Waals surface area contributed by atoms with E-state index in [-0.39, 0.29) is 17.0 Å². The van der Waals surface area contributed by atoms with Crippen molar-refractivity contribution in [2.75, 3.05) is 20.6 Å². The van der Waals surface area contributed by atoms with Gasteiger partial charge in [-0.15, -0.1) is 0 Å². The van der Waals surface area contributed by atoms with Gasteiger partial charge in [0.25, 0.3) is 0 Å². The van der Waals surface area contributed by atoms with E-state index in [1.807, 2.05) is 32.8 Å². The number of nitrogens with one attached hydrogen (secondary N) is 1. The van der Waals surface area contributed by atoms with Gasteiger partial charge < -0.3 is 4.90 Å². The lowest BCUT2D eigenvalue weighted by Gasteiger charge is -2.34. The highest BCUT2D eigenvalue weighted by molar-refractivity contribution is 7.88.